The van der Waals surface area contributed by atoms with Crippen LogP contribution in [0.3, 0.4) is 0 Å². The van der Waals surface area contributed by atoms with Crippen molar-refractivity contribution in [2.45, 2.75) is 25.1 Å². The van der Waals surface area contributed by atoms with Crippen molar-refractivity contribution in [1.29, 1.82) is 0 Å². The van der Waals surface area contributed by atoms with Gasteiger partial charge in [-0.25, -0.2) is 15.0 Å². The van der Waals surface area contributed by atoms with Gasteiger partial charge in [0.25, 0.3) is 5.56 Å². The highest BCUT2D eigenvalue weighted by atomic mass is 19.4. The number of anilines is 1. The molecule has 1 fully saturated rings. The molecule has 0 amide bonds. The summed E-state index contributed by atoms with van der Waals surface area (Å²) < 4.78 is 42.3. The van der Waals surface area contributed by atoms with E-state index >= 15 is 0 Å². The van der Waals surface area contributed by atoms with Crippen molar-refractivity contribution in [1.82, 2.24) is 24.8 Å². The second-order valence-corrected chi connectivity index (χ2v) is 7.00. The van der Waals surface area contributed by atoms with Gasteiger partial charge in [0.2, 0.25) is 5.95 Å². The standard InChI is InChI=1S/C19H19F3N6O/c1-28-7-3-5-12-13(9-24-16(12)17(28)29)15-14(19(20,21)22)10-25-18(27-15)26-11-4-2-6-23-8-11/h3,5,7,9-11,23H,2,4,6,8H2,1H3,(H,25,26,27). The smallest absolute Gasteiger partial charge is 0.350 e. The molecule has 29 heavy (non-hydrogen) atoms. The summed E-state index contributed by atoms with van der Waals surface area (Å²) in [6.45, 7) is 1.60. The summed E-state index contributed by atoms with van der Waals surface area (Å²) in [5.74, 6) is 0.115. The van der Waals surface area contributed by atoms with Crippen molar-refractivity contribution in [3.05, 3.63) is 46.6 Å². The third kappa shape index (κ3) is 3.80. The molecule has 1 atom stereocenters. The molecule has 1 aromatic heterocycles. The van der Waals surface area contributed by atoms with E-state index in [0.29, 0.717) is 12.1 Å². The minimum atomic E-state index is -4.65. The molecule has 152 valence electrons. The maximum atomic E-state index is 13.7. The Morgan fingerprint density at radius 2 is 2.03 bits per heavy atom. The lowest BCUT2D eigenvalue weighted by Crippen LogP contribution is -2.38. The van der Waals surface area contributed by atoms with Crippen LogP contribution in [-0.4, -0.2) is 38.7 Å². The molecule has 0 radical (unpaired) electrons. The first-order chi connectivity index (χ1) is 13.8. The summed E-state index contributed by atoms with van der Waals surface area (Å²) in [6, 6.07) is 3.20. The number of nitrogens with zero attached hydrogens (tertiary/aromatic N) is 4. The zero-order valence-electron chi connectivity index (χ0n) is 15.6. The zero-order chi connectivity index (χ0) is 20.6. The number of rotatable bonds is 3. The van der Waals surface area contributed by atoms with Gasteiger partial charge < -0.3 is 15.2 Å². The zero-order valence-corrected chi connectivity index (χ0v) is 15.6. The number of piperidine rings is 1. The van der Waals surface area contributed by atoms with Crippen LogP contribution in [0.1, 0.15) is 18.4 Å². The Morgan fingerprint density at radius 1 is 1.21 bits per heavy atom. The van der Waals surface area contributed by atoms with Crippen LogP contribution in [0.15, 0.2) is 35.5 Å². The second-order valence-electron chi connectivity index (χ2n) is 7.00. The van der Waals surface area contributed by atoms with E-state index in [-0.39, 0.29) is 28.9 Å². The van der Waals surface area contributed by atoms with Crippen LogP contribution in [-0.2, 0) is 13.2 Å². The van der Waals surface area contributed by atoms with Crippen LogP contribution in [0.2, 0.25) is 0 Å². The molecule has 1 aromatic rings. The van der Waals surface area contributed by atoms with E-state index in [0.717, 1.165) is 25.6 Å². The summed E-state index contributed by atoms with van der Waals surface area (Å²) >= 11 is 0. The summed E-state index contributed by atoms with van der Waals surface area (Å²) in [5.41, 5.74) is -1.12. The maximum Gasteiger partial charge on any atom is 0.419 e. The van der Waals surface area contributed by atoms with Crippen molar-refractivity contribution in [2.24, 2.45) is 7.05 Å². The fourth-order valence-corrected chi connectivity index (χ4v) is 3.45. The van der Waals surface area contributed by atoms with E-state index in [4.69, 9.17) is 0 Å². The number of hydrogen-bond donors (Lipinski definition) is 2. The first-order valence-electron chi connectivity index (χ1n) is 9.21. The molecular weight excluding hydrogens is 385 g/mol. The van der Waals surface area contributed by atoms with Gasteiger partial charge in [0.15, 0.2) is 0 Å². The largest absolute Gasteiger partial charge is 0.419 e. The van der Waals surface area contributed by atoms with Gasteiger partial charge in [-0.05, 0) is 25.5 Å². The first-order valence-corrected chi connectivity index (χ1v) is 9.21. The lowest BCUT2D eigenvalue weighted by molar-refractivity contribution is -0.137. The van der Waals surface area contributed by atoms with E-state index in [1.807, 2.05) is 0 Å². The average Bonchev–Trinajstić information content (AvgIpc) is 3.05. The summed E-state index contributed by atoms with van der Waals surface area (Å²) in [5, 5.41) is 6.33. The Hall–Kier alpha value is -3.01. The van der Waals surface area contributed by atoms with E-state index < -0.39 is 17.3 Å². The summed E-state index contributed by atoms with van der Waals surface area (Å²) in [4.78, 5) is 24.5. The lowest BCUT2D eigenvalue weighted by Gasteiger charge is -2.24. The topological polar surface area (TPSA) is 84.7 Å². The third-order valence-electron chi connectivity index (χ3n) is 4.94. The van der Waals surface area contributed by atoms with Crippen LogP contribution >= 0.6 is 0 Å². The van der Waals surface area contributed by atoms with E-state index in [2.05, 4.69) is 25.6 Å². The highest BCUT2D eigenvalue weighted by Gasteiger charge is 2.37. The van der Waals surface area contributed by atoms with Gasteiger partial charge in [0.1, 0.15) is 11.3 Å². The van der Waals surface area contributed by atoms with Crippen LogP contribution < -0.4 is 16.2 Å². The van der Waals surface area contributed by atoms with Crippen molar-refractivity contribution < 1.29 is 13.2 Å². The van der Waals surface area contributed by atoms with Gasteiger partial charge in [0.05, 0.1) is 5.69 Å². The number of aryl methyl sites for hydroxylation is 1. The molecule has 4 heterocycles. The van der Waals surface area contributed by atoms with E-state index in [9.17, 15) is 18.0 Å². The number of halogens is 3. The van der Waals surface area contributed by atoms with Crippen molar-refractivity contribution in [3.63, 3.8) is 0 Å². The predicted molar refractivity (Wildman–Crippen MR) is 102 cm³/mol. The third-order valence-corrected chi connectivity index (χ3v) is 4.94. The number of fused-ring (bicyclic) bond motifs is 1. The SMILES string of the molecule is Cn1cccc2c(-c3nc(NC4CCCNC4)ncc3C(F)(F)F)cnc-2c1=O. The maximum absolute atomic E-state index is 13.7. The van der Waals surface area contributed by atoms with Gasteiger partial charge in [-0.3, -0.25) is 4.79 Å². The molecule has 0 bridgehead atoms. The monoisotopic (exact) mass is 404 g/mol. The molecule has 4 rings (SSSR count). The Balaban J connectivity index is 1.82. The van der Waals surface area contributed by atoms with Crippen LogP contribution in [0.5, 0.6) is 0 Å². The normalized spacial score (nSPS) is 17.4. The molecule has 0 spiro atoms. The molecule has 1 saturated heterocycles. The quantitative estimate of drug-likeness (QED) is 0.698. The second kappa shape index (κ2) is 7.43. The Labute approximate surface area is 164 Å². The molecule has 2 N–H and O–H groups in total. The molecule has 0 aromatic carbocycles. The number of hydrogen-bond acceptors (Lipinski definition) is 6. The van der Waals surface area contributed by atoms with Crippen LogP contribution in [0, 0.1) is 0 Å². The van der Waals surface area contributed by atoms with Gasteiger partial charge in [-0.15, -0.1) is 0 Å². The van der Waals surface area contributed by atoms with E-state index in [1.54, 1.807) is 19.2 Å². The molecule has 7 nitrogen and oxygen atoms in total. The van der Waals surface area contributed by atoms with E-state index in [1.165, 1.54) is 17.0 Å². The average molecular weight is 404 g/mol. The molecule has 1 unspecified atom stereocenters. The Bertz CT molecular complexity index is 1060. The fraction of sp³-hybridized carbons (Fsp3) is 0.368. The van der Waals surface area contributed by atoms with Crippen LogP contribution in [0.25, 0.3) is 22.5 Å². The van der Waals surface area contributed by atoms with Crippen molar-refractivity contribution in [2.75, 3.05) is 18.4 Å². The fourth-order valence-electron chi connectivity index (χ4n) is 3.45. The van der Waals surface area contributed by atoms with Crippen LogP contribution in [0.4, 0.5) is 19.1 Å². The molecule has 0 saturated carbocycles. The Morgan fingerprint density at radius 3 is 2.76 bits per heavy atom. The molecule has 10 heteroatoms. The molecule has 0 aliphatic carbocycles. The minimum Gasteiger partial charge on any atom is -0.350 e. The number of aromatic nitrogens is 4. The van der Waals surface area contributed by atoms with Gasteiger partial charge in [0, 0.05) is 49.4 Å². The number of alkyl halides is 3. The van der Waals surface area contributed by atoms with Crippen molar-refractivity contribution >= 4 is 5.95 Å². The summed E-state index contributed by atoms with van der Waals surface area (Å²) in [7, 11) is 1.56. The molecular formula is C19H19F3N6O. The molecule has 3 aliphatic rings. The van der Waals surface area contributed by atoms with Gasteiger partial charge in [-0.1, -0.05) is 6.07 Å². The van der Waals surface area contributed by atoms with Crippen molar-refractivity contribution in [3.8, 4) is 22.5 Å². The lowest BCUT2D eigenvalue weighted by atomic mass is 10.0. The Kier molecular flexibility index (Phi) is 4.95. The first kappa shape index (κ1) is 19.3. The highest BCUT2D eigenvalue weighted by molar-refractivity contribution is 5.83. The predicted octanol–water partition coefficient (Wildman–Crippen LogP) is 2.52. The minimum absolute atomic E-state index is 0.0352. The van der Waals surface area contributed by atoms with Gasteiger partial charge in [-0.2, -0.15) is 13.2 Å². The highest BCUT2D eigenvalue weighted by Crippen LogP contribution is 2.39. The van der Waals surface area contributed by atoms with Gasteiger partial charge >= 0.3 is 6.18 Å². The number of nitrogens with one attached hydrogen (secondary N) is 2. The summed E-state index contributed by atoms with van der Waals surface area (Å²) in [6.07, 6.45) is 0.755. The molecule has 3 aliphatic heterocycles.